The molecule has 0 radical (unpaired) electrons. The van der Waals surface area contributed by atoms with Gasteiger partial charge >= 0.3 is 11.9 Å². The van der Waals surface area contributed by atoms with Gasteiger partial charge in [0.15, 0.2) is 0 Å². The number of carboxylic acids is 2. The molecule has 7 amide bonds. The van der Waals surface area contributed by atoms with Gasteiger partial charge in [0.1, 0.15) is 42.0 Å². The molecular formula is C37H59N9O12. The van der Waals surface area contributed by atoms with Gasteiger partial charge in [0.25, 0.3) is 0 Å². The van der Waals surface area contributed by atoms with E-state index in [2.05, 4.69) is 31.9 Å². The van der Waals surface area contributed by atoms with Gasteiger partial charge in [0.05, 0.1) is 6.04 Å². The molecule has 0 heterocycles. The topological polar surface area (TPSA) is 365 Å². The van der Waals surface area contributed by atoms with E-state index in [1.165, 1.54) is 38.1 Å². The number of aliphatic carboxylic acids is 2. The maximum absolute atomic E-state index is 13.6. The number of carbonyl (C=O) groups is 9. The molecule has 0 spiro atoms. The van der Waals surface area contributed by atoms with Crippen molar-refractivity contribution < 1.29 is 58.5 Å². The summed E-state index contributed by atoms with van der Waals surface area (Å²) in [5, 5.41) is 43.0. The number of nitrogens with one attached hydrogen (secondary N) is 6. The second kappa shape index (κ2) is 25.4. The molecule has 0 aromatic heterocycles. The van der Waals surface area contributed by atoms with Crippen LogP contribution in [-0.2, 0) is 49.6 Å². The average molecular weight is 822 g/mol. The number of phenols is 1. The van der Waals surface area contributed by atoms with Crippen molar-refractivity contribution in [3.63, 3.8) is 0 Å². The predicted octanol–water partition coefficient (Wildman–Crippen LogP) is -2.40. The number of aromatic hydroxyl groups is 1. The van der Waals surface area contributed by atoms with Crippen molar-refractivity contribution in [2.45, 2.75) is 128 Å². The van der Waals surface area contributed by atoms with Gasteiger partial charge in [0, 0.05) is 19.3 Å². The molecule has 0 saturated carbocycles. The van der Waals surface area contributed by atoms with E-state index in [4.69, 9.17) is 22.3 Å². The largest absolute Gasteiger partial charge is 0.508 e. The molecule has 7 atom stereocenters. The Balaban J connectivity index is 3.21. The summed E-state index contributed by atoms with van der Waals surface area (Å²) in [6.07, 6.45) is -0.380. The van der Waals surface area contributed by atoms with Crippen molar-refractivity contribution in [2.75, 3.05) is 6.54 Å². The SMILES string of the molecule is CC(C)C[C@H](NC(=O)[C@H](CCC(N)=O)NC(=O)[C@H](CCCCN)NC(=O)[C@H](C)NC(=O)[C@H](Cc1ccc(O)cc1)NC(=O)[C@H](C)NC(=O)[C@@H](N)CCC(=O)O)C(=O)O. The van der Waals surface area contributed by atoms with Crippen LogP contribution < -0.4 is 49.1 Å². The molecule has 0 aliphatic heterocycles. The van der Waals surface area contributed by atoms with Gasteiger partial charge in [-0.25, -0.2) is 4.79 Å². The van der Waals surface area contributed by atoms with E-state index in [-0.39, 0.29) is 63.2 Å². The van der Waals surface area contributed by atoms with Crippen LogP contribution in [0.15, 0.2) is 24.3 Å². The number of rotatable bonds is 27. The first-order valence-electron chi connectivity index (χ1n) is 18.9. The maximum Gasteiger partial charge on any atom is 0.326 e. The van der Waals surface area contributed by atoms with Crippen LogP contribution in [0.3, 0.4) is 0 Å². The van der Waals surface area contributed by atoms with Crippen LogP contribution in [0.4, 0.5) is 0 Å². The van der Waals surface area contributed by atoms with Crippen molar-refractivity contribution in [1.29, 1.82) is 0 Å². The van der Waals surface area contributed by atoms with E-state index in [9.17, 15) is 53.4 Å². The van der Waals surface area contributed by atoms with Crippen LogP contribution in [0.25, 0.3) is 0 Å². The minimum Gasteiger partial charge on any atom is -0.508 e. The Bertz CT molecular complexity index is 1590. The summed E-state index contributed by atoms with van der Waals surface area (Å²) in [4.78, 5) is 114. The summed E-state index contributed by atoms with van der Waals surface area (Å²) in [7, 11) is 0. The van der Waals surface area contributed by atoms with E-state index in [1.807, 2.05) is 0 Å². The van der Waals surface area contributed by atoms with Crippen LogP contribution in [0, 0.1) is 5.92 Å². The first kappa shape index (κ1) is 50.2. The molecule has 1 aromatic rings. The van der Waals surface area contributed by atoms with Crippen molar-refractivity contribution in [3.05, 3.63) is 29.8 Å². The Labute approximate surface area is 336 Å². The number of phenolic OH excluding ortho intramolecular Hbond substituents is 1. The highest BCUT2D eigenvalue weighted by Gasteiger charge is 2.32. The zero-order chi connectivity index (χ0) is 44.1. The lowest BCUT2D eigenvalue weighted by molar-refractivity contribution is -0.143. The number of nitrogens with two attached hydrogens (primary N) is 3. The molecule has 0 fully saturated rings. The fourth-order valence-electron chi connectivity index (χ4n) is 5.40. The van der Waals surface area contributed by atoms with Crippen LogP contribution in [0.1, 0.15) is 84.6 Å². The Morgan fingerprint density at radius 3 is 1.59 bits per heavy atom. The van der Waals surface area contributed by atoms with Gasteiger partial charge in [-0.1, -0.05) is 26.0 Å². The number of benzene rings is 1. The molecule has 21 nitrogen and oxygen atoms in total. The Hall–Kier alpha value is -5.83. The average Bonchev–Trinajstić information content (AvgIpc) is 3.14. The molecular weight excluding hydrogens is 762 g/mol. The highest BCUT2D eigenvalue weighted by Crippen LogP contribution is 2.13. The Kier molecular flexibility index (Phi) is 22.0. The van der Waals surface area contributed by atoms with Gasteiger partial charge in [0.2, 0.25) is 41.4 Å². The summed E-state index contributed by atoms with van der Waals surface area (Å²) >= 11 is 0. The smallest absolute Gasteiger partial charge is 0.326 e. The van der Waals surface area contributed by atoms with Crippen LogP contribution in [-0.4, -0.2) is 117 Å². The fraction of sp³-hybridized carbons (Fsp3) is 0.595. The molecule has 0 bridgehead atoms. The molecule has 1 rings (SSSR count). The van der Waals surface area contributed by atoms with E-state index in [0.717, 1.165) is 0 Å². The minimum absolute atomic E-state index is 0.0355. The zero-order valence-corrected chi connectivity index (χ0v) is 33.2. The lowest BCUT2D eigenvalue weighted by Gasteiger charge is -2.26. The first-order valence-corrected chi connectivity index (χ1v) is 18.9. The third-order valence-electron chi connectivity index (χ3n) is 8.73. The second-order valence-corrected chi connectivity index (χ2v) is 14.4. The van der Waals surface area contributed by atoms with E-state index >= 15 is 0 Å². The van der Waals surface area contributed by atoms with Crippen LogP contribution >= 0.6 is 0 Å². The molecule has 21 heteroatoms. The van der Waals surface area contributed by atoms with Gasteiger partial charge in [-0.15, -0.1) is 0 Å². The number of carboxylic acid groups (broad SMARTS) is 2. The standard InChI is InChI=1S/C37H59N9O12/c1-19(2)17-28(37(57)58)46-35(55)26(13-14-29(40)48)44-34(54)25(7-5-6-16-38)43-31(51)21(4)42-36(56)27(18-22-8-10-23(47)11-9-22)45-32(52)20(3)41-33(53)24(39)12-15-30(49)50/h8-11,19-21,24-28,47H,5-7,12-18,38-39H2,1-4H3,(H2,40,48)(H,41,53)(H,42,56)(H,43,51)(H,44,54)(H,45,52)(H,46,55)(H,49,50)(H,57,58)/t20-,21-,24-,25-,26-,27-,28-/m0/s1. The van der Waals surface area contributed by atoms with Crippen molar-refractivity contribution in [1.82, 2.24) is 31.9 Å². The molecule has 15 N–H and O–H groups in total. The summed E-state index contributed by atoms with van der Waals surface area (Å²) in [6, 6.07) is -3.38. The predicted molar refractivity (Wildman–Crippen MR) is 208 cm³/mol. The lowest BCUT2D eigenvalue weighted by Crippen LogP contribution is -2.59. The number of primary amides is 1. The fourth-order valence-corrected chi connectivity index (χ4v) is 5.40. The third kappa shape index (κ3) is 19.4. The Morgan fingerprint density at radius 2 is 1.09 bits per heavy atom. The van der Waals surface area contributed by atoms with Gasteiger partial charge in [-0.2, -0.15) is 0 Å². The normalized spacial score (nSPS) is 14.6. The summed E-state index contributed by atoms with van der Waals surface area (Å²) in [6.45, 7) is 6.41. The monoisotopic (exact) mass is 821 g/mol. The van der Waals surface area contributed by atoms with E-state index in [1.54, 1.807) is 13.8 Å². The molecule has 0 aliphatic carbocycles. The summed E-state index contributed by atoms with van der Waals surface area (Å²) in [5.74, 6) is -8.44. The number of hydrogen-bond acceptors (Lipinski definition) is 12. The summed E-state index contributed by atoms with van der Waals surface area (Å²) in [5.41, 5.74) is 17.1. The zero-order valence-electron chi connectivity index (χ0n) is 33.2. The van der Waals surface area contributed by atoms with E-state index < -0.39 is 95.6 Å². The van der Waals surface area contributed by atoms with E-state index in [0.29, 0.717) is 18.4 Å². The molecule has 0 aliphatic rings. The van der Waals surface area contributed by atoms with Crippen molar-refractivity contribution >= 4 is 53.3 Å². The highest BCUT2D eigenvalue weighted by molar-refractivity contribution is 5.97. The maximum atomic E-state index is 13.6. The second-order valence-electron chi connectivity index (χ2n) is 14.4. The van der Waals surface area contributed by atoms with Crippen LogP contribution in [0.5, 0.6) is 5.75 Å². The highest BCUT2D eigenvalue weighted by atomic mass is 16.4. The van der Waals surface area contributed by atoms with Gasteiger partial charge in [-0.3, -0.25) is 38.4 Å². The van der Waals surface area contributed by atoms with Gasteiger partial charge < -0.3 is 64.4 Å². The number of amides is 7. The number of carbonyl (C=O) groups excluding carboxylic acids is 7. The Morgan fingerprint density at radius 1 is 0.603 bits per heavy atom. The number of hydrogen-bond donors (Lipinski definition) is 12. The summed E-state index contributed by atoms with van der Waals surface area (Å²) < 4.78 is 0. The molecule has 324 valence electrons. The minimum atomic E-state index is -1.41. The first-order chi connectivity index (χ1) is 27.1. The molecule has 58 heavy (non-hydrogen) atoms. The molecule has 1 aromatic carbocycles. The number of unbranched alkanes of at least 4 members (excludes halogenated alkanes) is 1. The third-order valence-corrected chi connectivity index (χ3v) is 8.73. The van der Waals surface area contributed by atoms with Crippen molar-refractivity contribution in [2.24, 2.45) is 23.1 Å². The van der Waals surface area contributed by atoms with Crippen molar-refractivity contribution in [3.8, 4) is 5.75 Å². The lowest BCUT2D eigenvalue weighted by atomic mass is 10.0. The van der Waals surface area contributed by atoms with Crippen LogP contribution in [0.2, 0.25) is 0 Å². The molecule has 0 unspecified atom stereocenters. The molecule has 0 saturated heterocycles. The van der Waals surface area contributed by atoms with Gasteiger partial charge in [-0.05, 0) is 82.5 Å². The quantitative estimate of drug-likeness (QED) is 0.0412.